The smallest absolute Gasteiger partial charge is 0.272 e. The Balaban J connectivity index is 1.46. The van der Waals surface area contributed by atoms with Gasteiger partial charge in [-0.05, 0) is 48.6 Å². The number of rotatable bonds is 9. The molecule has 3 heterocycles. The van der Waals surface area contributed by atoms with Gasteiger partial charge in [-0.15, -0.1) is 0 Å². The quantitative estimate of drug-likeness (QED) is 0.471. The van der Waals surface area contributed by atoms with Crippen molar-refractivity contribution < 1.29 is 21.9 Å². The van der Waals surface area contributed by atoms with Gasteiger partial charge in [-0.3, -0.25) is 14.6 Å². The fourth-order valence-corrected chi connectivity index (χ4v) is 4.97. The van der Waals surface area contributed by atoms with Crippen LogP contribution < -0.4 is 9.46 Å². The van der Waals surface area contributed by atoms with Crippen LogP contribution in [-0.2, 0) is 29.4 Å². The van der Waals surface area contributed by atoms with Crippen molar-refractivity contribution in [3.63, 3.8) is 0 Å². The van der Waals surface area contributed by atoms with E-state index in [4.69, 9.17) is 4.74 Å². The molecule has 8 nitrogen and oxygen atoms in total. The van der Waals surface area contributed by atoms with Gasteiger partial charge in [0.2, 0.25) is 5.88 Å². The third-order valence-corrected chi connectivity index (χ3v) is 7.34. The van der Waals surface area contributed by atoms with Crippen LogP contribution in [0.15, 0.2) is 53.8 Å². The number of halogens is 2. The highest BCUT2D eigenvalue weighted by atomic mass is 32.2. The summed E-state index contributed by atoms with van der Waals surface area (Å²) in [7, 11) is -3.82. The van der Waals surface area contributed by atoms with Gasteiger partial charge in [-0.25, -0.2) is 27.2 Å². The molecule has 0 aliphatic carbocycles. The normalized spacial score (nSPS) is 15.0. The Labute approximate surface area is 203 Å². The van der Waals surface area contributed by atoms with Crippen molar-refractivity contribution in [2.24, 2.45) is 0 Å². The summed E-state index contributed by atoms with van der Waals surface area (Å²) >= 11 is 0. The average molecular weight is 504 g/mol. The highest BCUT2D eigenvalue weighted by Crippen LogP contribution is 2.29. The predicted octanol–water partition coefficient (Wildman–Crippen LogP) is 4.00. The van der Waals surface area contributed by atoms with Crippen molar-refractivity contribution in [1.82, 2.24) is 19.9 Å². The molecule has 0 spiro atoms. The van der Waals surface area contributed by atoms with Gasteiger partial charge in [0, 0.05) is 31.4 Å². The Morgan fingerprint density at radius 3 is 2.57 bits per heavy atom. The average Bonchev–Trinajstić information content (AvgIpc) is 2.87. The SMILES string of the molecule is CCc1cnc(NS(=O)(=O)c2ccc3c(c2)CN([C@H](C)c2ccc(OCC(F)F)nc2)CC3)cn1. The topological polar surface area (TPSA) is 97.3 Å². The first-order valence-corrected chi connectivity index (χ1v) is 12.8. The molecule has 11 heteroatoms. The molecular formula is C24H27F2N5O3S. The van der Waals surface area contributed by atoms with Gasteiger partial charge in [0.05, 0.1) is 23.0 Å². The van der Waals surface area contributed by atoms with Gasteiger partial charge in [0.15, 0.2) is 12.4 Å². The monoisotopic (exact) mass is 503 g/mol. The Kier molecular flexibility index (Phi) is 7.56. The van der Waals surface area contributed by atoms with E-state index in [-0.39, 0.29) is 22.6 Å². The van der Waals surface area contributed by atoms with Crippen LogP contribution in [0.25, 0.3) is 0 Å². The molecule has 1 N–H and O–H groups in total. The molecule has 0 fully saturated rings. The van der Waals surface area contributed by atoms with E-state index in [0.29, 0.717) is 13.0 Å². The van der Waals surface area contributed by atoms with E-state index in [0.717, 1.165) is 35.3 Å². The third kappa shape index (κ3) is 6.09. The standard InChI is InChI=1S/C24H27F2N5O3S/c1-3-20-12-28-23(13-27-20)30-35(32,33)21-6-4-17-8-9-31(14-19(17)10-21)16(2)18-5-7-24(29-11-18)34-15-22(25)26/h4-7,10-13,16,22H,3,8-9,14-15H2,1-2H3,(H,28,30)/t16-/m1/s1. The minimum absolute atomic E-state index is 0.00876. The van der Waals surface area contributed by atoms with E-state index in [2.05, 4.69) is 24.6 Å². The maximum atomic E-state index is 12.9. The van der Waals surface area contributed by atoms with Crippen LogP contribution >= 0.6 is 0 Å². The maximum Gasteiger partial charge on any atom is 0.272 e. The molecule has 1 aliphatic rings. The van der Waals surface area contributed by atoms with Gasteiger partial charge in [0.25, 0.3) is 16.4 Å². The summed E-state index contributed by atoms with van der Waals surface area (Å²) in [6.45, 7) is 4.64. The Morgan fingerprint density at radius 2 is 1.91 bits per heavy atom. The van der Waals surface area contributed by atoms with Crippen molar-refractivity contribution in [3.05, 3.63) is 71.3 Å². The number of fused-ring (bicyclic) bond motifs is 1. The second-order valence-corrected chi connectivity index (χ2v) is 9.99. The maximum absolute atomic E-state index is 12.9. The number of hydrogen-bond acceptors (Lipinski definition) is 7. The number of nitrogens with zero attached hydrogens (tertiary/aromatic N) is 4. The van der Waals surface area contributed by atoms with E-state index < -0.39 is 23.1 Å². The minimum atomic E-state index is -3.82. The van der Waals surface area contributed by atoms with Crippen molar-refractivity contribution in [2.75, 3.05) is 17.9 Å². The van der Waals surface area contributed by atoms with Crippen LogP contribution in [0.1, 0.15) is 42.3 Å². The van der Waals surface area contributed by atoms with Crippen molar-refractivity contribution >= 4 is 15.8 Å². The fraction of sp³-hybridized carbons (Fsp3) is 0.375. The largest absolute Gasteiger partial charge is 0.472 e. The van der Waals surface area contributed by atoms with Crippen LogP contribution in [0.5, 0.6) is 5.88 Å². The van der Waals surface area contributed by atoms with Crippen molar-refractivity contribution in [1.29, 1.82) is 0 Å². The van der Waals surface area contributed by atoms with Crippen molar-refractivity contribution in [3.8, 4) is 5.88 Å². The van der Waals surface area contributed by atoms with Gasteiger partial charge >= 0.3 is 0 Å². The summed E-state index contributed by atoms with van der Waals surface area (Å²) in [6.07, 6.45) is 3.53. The summed E-state index contributed by atoms with van der Waals surface area (Å²) in [6, 6.07) is 8.54. The molecule has 35 heavy (non-hydrogen) atoms. The first kappa shape index (κ1) is 24.9. The number of ether oxygens (including phenoxy) is 1. The second-order valence-electron chi connectivity index (χ2n) is 8.31. The summed E-state index contributed by atoms with van der Waals surface area (Å²) in [5.41, 5.74) is 3.73. The first-order valence-electron chi connectivity index (χ1n) is 11.3. The zero-order valence-electron chi connectivity index (χ0n) is 19.5. The molecule has 0 bridgehead atoms. The van der Waals surface area contributed by atoms with Gasteiger partial charge in [0.1, 0.15) is 0 Å². The van der Waals surface area contributed by atoms with Gasteiger partial charge < -0.3 is 4.74 Å². The van der Waals surface area contributed by atoms with Gasteiger partial charge in [-0.2, -0.15) is 0 Å². The molecule has 1 aliphatic heterocycles. The highest BCUT2D eigenvalue weighted by Gasteiger charge is 2.24. The molecule has 186 valence electrons. The number of benzene rings is 1. The molecule has 0 unspecified atom stereocenters. The summed E-state index contributed by atoms with van der Waals surface area (Å²) in [4.78, 5) is 14.8. The summed E-state index contributed by atoms with van der Waals surface area (Å²) < 4.78 is 58.0. The molecule has 4 rings (SSSR count). The number of hydrogen-bond donors (Lipinski definition) is 1. The van der Waals surface area contributed by atoms with Crippen LogP contribution in [0, 0.1) is 0 Å². The van der Waals surface area contributed by atoms with Gasteiger partial charge in [-0.1, -0.05) is 19.1 Å². The molecule has 0 amide bonds. The summed E-state index contributed by atoms with van der Waals surface area (Å²) in [5.74, 6) is 0.324. The lowest BCUT2D eigenvalue weighted by atomic mass is 9.97. The molecule has 0 saturated carbocycles. The zero-order chi connectivity index (χ0) is 25.0. The number of alkyl halides is 2. The number of nitrogens with one attached hydrogen (secondary N) is 1. The van der Waals surface area contributed by atoms with E-state index in [1.165, 1.54) is 6.20 Å². The number of aromatic nitrogens is 3. The fourth-order valence-electron chi connectivity index (χ4n) is 3.92. The number of aryl methyl sites for hydroxylation is 1. The lowest BCUT2D eigenvalue weighted by Gasteiger charge is -2.34. The number of pyridine rings is 1. The second kappa shape index (κ2) is 10.6. The molecule has 2 aromatic heterocycles. The van der Waals surface area contributed by atoms with E-state index in [1.54, 1.807) is 30.6 Å². The van der Waals surface area contributed by atoms with Crippen LogP contribution in [0.4, 0.5) is 14.6 Å². The van der Waals surface area contributed by atoms with Crippen molar-refractivity contribution in [2.45, 2.75) is 50.6 Å². The van der Waals surface area contributed by atoms with E-state index in [1.807, 2.05) is 26.0 Å². The van der Waals surface area contributed by atoms with Crippen LogP contribution in [0.3, 0.4) is 0 Å². The molecule has 1 atom stereocenters. The minimum Gasteiger partial charge on any atom is -0.472 e. The Hall–Kier alpha value is -3.18. The Morgan fingerprint density at radius 1 is 1.09 bits per heavy atom. The van der Waals surface area contributed by atoms with E-state index in [9.17, 15) is 17.2 Å². The zero-order valence-corrected chi connectivity index (χ0v) is 20.3. The highest BCUT2D eigenvalue weighted by molar-refractivity contribution is 7.92. The van der Waals surface area contributed by atoms with E-state index >= 15 is 0 Å². The molecule has 0 saturated heterocycles. The lowest BCUT2D eigenvalue weighted by Crippen LogP contribution is -2.33. The van der Waals surface area contributed by atoms with Crippen LogP contribution in [0.2, 0.25) is 0 Å². The Bertz CT molecular complexity index is 1260. The first-order chi connectivity index (χ1) is 16.7. The van der Waals surface area contributed by atoms with Crippen LogP contribution in [-0.4, -0.2) is 47.8 Å². The number of sulfonamides is 1. The molecular weight excluding hydrogens is 476 g/mol. The lowest BCUT2D eigenvalue weighted by molar-refractivity contribution is 0.0795. The molecule has 3 aromatic rings. The third-order valence-electron chi connectivity index (χ3n) is 5.98. The molecule has 1 aromatic carbocycles. The molecule has 0 radical (unpaired) electrons. The summed E-state index contributed by atoms with van der Waals surface area (Å²) in [5, 5.41) is 0. The predicted molar refractivity (Wildman–Crippen MR) is 127 cm³/mol. The number of anilines is 1.